The third-order valence-corrected chi connectivity index (χ3v) is 3.56. The van der Waals surface area contributed by atoms with Gasteiger partial charge in [0.2, 0.25) is 0 Å². The van der Waals surface area contributed by atoms with E-state index in [0.29, 0.717) is 5.56 Å². The number of carbonyl (C=O) groups excluding carboxylic acids is 1. The van der Waals surface area contributed by atoms with Gasteiger partial charge in [0.25, 0.3) is 5.91 Å². The zero-order chi connectivity index (χ0) is 14.1. The molecule has 2 heterocycles. The van der Waals surface area contributed by atoms with Crippen LogP contribution in [0.25, 0.3) is 0 Å². The molecule has 104 valence electrons. The van der Waals surface area contributed by atoms with Gasteiger partial charge in [0, 0.05) is 24.8 Å². The van der Waals surface area contributed by atoms with Gasteiger partial charge in [-0.1, -0.05) is 0 Å². The molecule has 0 spiro atoms. The fourth-order valence-corrected chi connectivity index (χ4v) is 2.47. The van der Waals surface area contributed by atoms with Gasteiger partial charge >= 0.3 is 0 Å². The second kappa shape index (κ2) is 4.96. The van der Waals surface area contributed by atoms with Crippen molar-refractivity contribution in [3.05, 3.63) is 41.5 Å². The van der Waals surface area contributed by atoms with Crippen molar-refractivity contribution in [2.45, 2.75) is 19.4 Å². The van der Waals surface area contributed by atoms with Gasteiger partial charge in [0.1, 0.15) is 6.33 Å². The molecule has 1 atom stereocenters. The van der Waals surface area contributed by atoms with E-state index in [1.807, 2.05) is 32.2 Å². The normalized spacial score (nSPS) is 14.5. The maximum absolute atomic E-state index is 12.3. The van der Waals surface area contributed by atoms with E-state index >= 15 is 0 Å². The van der Waals surface area contributed by atoms with E-state index in [2.05, 4.69) is 20.8 Å². The summed E-state index contributed by atoms with van der Waals surface area (Å²) in [6.45, 7) is 2.84. The number of nitrogens with one attached hydrogen (secondary N) is 2. The van der Waals surface area contributed by atoms with Crippen molar-refractivity contribution in [2.24, 2.45) is 7.05 Å². The Morgan fingerprint density at radius 1 is 1.50 bits per heavy atom. The van der Waals surface area contributed by atoms with Gasteiger partial charge in [-0.05, 0) is 37.1 Å². The molecule has 1 aromatic carbocycles. The lowest BCUT2D eigenvalue weighted by Crippen LogP contribution is -2.28. The zero-order valence-corrected chi connectivity index (χ0v) is 11.6. The van der Waals surface area contributed by atoms with Gasteiger partial charge in [0.15, 0.2) is 5.82 Å². The molecule has 1 aliphatic rings. The minimum atomic E-state index is -0.179. The minimum Gasteiger partial charge on any atom is -0.384 e. The van der Waals surface area contributed by atoms with Gasteiger partial charge in [-0.3, -0.25) is 4.79 Å². The smallest absolute Gasteiger partial charge is 0.251 e. The number of amides is 1. The lowest BCUT2D eigenvalue weighted by Gasteiger charge is -2.13. The molecule has 0 saturated heterocycles. The molecule has 0 saturated carbocycles. The lowest BCUT2D eigenvalue weighted by atomic mass is 10.1. The number of aryl methyl sites for hydroxylation is 1. The summed E-state index contributed by atoms with van der Waals surface area (Å²) >= 11 is 0. The Morgan fingerprint density at radius 2 is 2.35 bits per heavy atom. The molecule has 1 amide bonds. The van der Waals surface area contributed by atoms with Crippen LogP contribution in [0.4, 0.5) is 5.69 Å². The highest BCUT2D eigenvalue weighted by Crippen LogP contribution is 2.23. The summed E-state index contributed by atoms with van der Waals surface area (Å²) in [4.78, 5) is 12.3. The van der Waals surface area contributed by atoms with Crippen LogP contribution >= 0.6 is 0 Å². The molecular formula is C14H17N5O. The number of benzene rings is 1. The highest BCUT2D eigenvalue weighted by molar-refractivity contribution is 5.95. The van der Waals surface area contributed by atoms with Crippen molar-refractivity contribution >= 4 is 11.6 Å². The first kappa shape index (κ1) is 12.7. The Morgan fingerprint density at radius 3 is 3.10 bits per heavy atom. The molecule has 0 aliphatic carbocycles. The van der Waals surface area contributed by atoms with Crippen molar-refractivity contribution in [2.75, 3.05) is 11.9 Å². The Labute approximate surface area is 117 Å². The molecule has 0 fully saturated rings. The van der Waals surface area contributed by atoms with E-state index in [-0.39, 0.29) is 11.9 Å². The van der Waals surface area contributed by atoms with E-state index in [9.17, 15) is 4.79 Å². The zero-order valence-electron chi connectivity index (χ0n) is 11.6. The average molecular weight is 271 g/mol. The first-order chi connectivity index (χ1) is 9.65. The molecular weight excluding hydrogens is 254 g/mol. The maximum Gasteiger partial charge on any atom is 0.251 e. The van der Waals surface area contributed by atoms with Crippen LogP contribution in [0.5, 0.6) is 0 Å². The number of carbonyl (C=O) groups is 1. The number of nitrogens with zero attached hydrogens (tertiary/aromatic N) is 3. The predicted octanol–water partition coefficient (Wildman–Crippen LogP) is 1.27. The second-order valence-electron chi connectivity index (χ2n) is 5.04. The van der Waals surface area contributed by atoms with Crippen LogP contribution < -0.4 is 10.6 Å². The predicted molar refractivity (Wildman–Crippen MR) is 75.5 cm³/mol. The first-order valence-corrected chi connectivity index (χ1v) is 6.66. The highest BCUT2D eigenvalue weighted by Gasteiger charge is 2.17. The summed E-state index contributed by atoms with van der Waals surface area (Å²) in [5.74, 6) is 0.649. The number of anilines is 1. The van der Waals surface area contributed by atoms with Crippen LogP contribution in [0.15, 0.2) is 24.5 Å². The standard InChI is InChI=1S/C14H17N5O/c1-9(13-18-16-8-19(13)2)17-14(20)11-3-4-12-10(7-11)5-6-15-12/h3-4,7-9,15H,5-6H2,1-2H3,(H,17,20). The maximum atomic E-state index is 12.3. The fraction of sp³-hybridized carbons (Fsp3) is 0.357. The summed E-state index contributed by atoms with van der Waals surface area (Å²) in [6.07, 6.45) is 2.59. The summed E-state index contributed by atoms with van der Waals surface area (Å²) in [7, 11) is 1.86. The van der Waals surface area contributed by atoms with Crippen molar-refractivity contribution in [3.63, 3.8) is 0 Å². The van der Waals surface area contributed by atoms with Crippen LogP contribution in [0.3, 0.4) is 0 Å². The average Bonchev–Trinajstić information content (AvgIpc) is 3.05. The Kier molecular flexibility index (Phi) is 3.14. The fourth-order valence-electron chi connectivity index (χ4n) is 2.47. The molecule has 6 heteroatoms. The molecule has 0 bridgehead atoms. The molecule has 0 radical (unpaired) electrons. The topological polar surface area (TPSA) is 71.8 Å². The third-order valence-electron chi connectivity index (χ3n) is 3.56. The summed E-state index contributed by atoms with van der Waals surface area (Å²) in [5, 5.41) is 14.1. The monoisotopic (exact) mass is 271 g/mol. The molecule has 6 nitrogen and oxygen atoms in total. The van der Waals surface area contributed by atoms with Crippen molar-refractivity contribution in [1.29, 1.82) is 0 Å². The molecule has 20 heavy (non-hydrogen) atoms. The van der Waals surface area contributed by atoms with Gasteiger partial charge in [-0.15, -0.1) is 10.2 Å². The number of rotatable bonds is 3. The number of hydrogen-bond donors (Lipinski definition) is 2. The van der Waals surface area contributed by atoms with E-state index in [0.717, 1.165) is 24.5 Å². The largest absolute Gasteiger partial charge is 0.384 e. The van der Waals surface area contributed by atoms with Gasteiger partial charge < -0.3 is 15.2 Å². The first-order valence-electron chi connectivity index (χ1n) is 6.66. The van der Waals surface area contributed by atoms with Crippen LogP contribution in [0, 0.1) is 0 Å². The number of aromatic nitrogens is 3. The third kappa shape index (κ3) is 2.24. The number of hydrogen-bond acceptors (Lipinski definition) is 4. The van der Waals surface area contributed by atoms with E-state index in [4.69, 9.17) is 0 Å². The number of fused-ring (bicyclic) bond motifs is 1. The molecule has 1 unspecified atom stereocenters. The Bertz CT molecular complexity index is 649. The lowest BCUT2D eigenvalue weighted by molar-refractivity contribution is 0.0937. The van der Waals surface area contributed by atoms with Gasteiger partial charge in [0.05, 0.1) is 6.04 Å². The van der Waals surface area contributed by atoms with E-state index in [1.165, 1.54) is 5.56 Å². The molecule has 3 rings (SSSR count). The SMILES string of the molecule is CC(NC(=O)c1ccc2c(c1)CCN2)c1nncn1C. The molecule has 2 N–H and O–H groups in total. The summed E-state index contributed by atoms with van der Waals surface area (Å²) < 4.78 is 1.80. The Hall–Kier alpha value is -2.37. The van der Waals surface area contributed by atoms with Crippen LogP contribution in [0.1, 0.15) is 34.7 Å². The van der Waals surface area contributed by atoms with Crippen molar-refractivity contribution in [3.8, 4) is 0 Å². The molecule has 2 aromatic rings. The van der Waals surface area contributed by atoms with Crippen LogP contribution in [-0.4, -0.2) is 27.2 Å². The van der Waals surface area contributed by atoms with E-state index in [1.54, 1.807) is 10.9 Å². The molecule has 1 aliphatic heterocycles. The van der Waals surface area contributed by atoms with Gasteiger partial charge in [-0.25, -0.2) is 0 Å². The van der Waals surface area contributed by atoms with Crippen LogP contribution in [0.2, 0.25) is 0 Å². The second-order valence-corrected chi connectivity index (χ2v) is 5.04. The van der Waals surface area contributed by atoms with E-state index < -0.39 is 0 Å². The highest BCUT2D eigenvalue weighted by atomic mass is 16.1. The minimum absolute atomic E-state index is 0.0878. The summed E-state index contributed by atoms with van der Waals surface area (Å²) in [6, 6.07) is 5.58. The quantitative estimate of drug-likeness (QED) is 0.882. The summed E-state index contributed by atoms with van der Waals surface area (Å²) in [5.41, 5.74) is 3.01. The van der Waals surface area contributed by atoms with Gasteiger partial charge in [-0.2, -0.15) is 0 Å². The van der Waals surface area contributed by atoms with Crippen molar-refractivity contribution < 1.29 is 4.79 Å². The molecule has 1 aromatic heterocycles. The Balaban J connectivity index is 1.75. The van der Waals surface area contributed by atoms with Crippen molar-refractivity contribution in [1.82, 2.24) is 20.1 Å². The van der Waals surface area contributed by atoms with Crippen LogP contribution in [-0.2, 0) is 13.5 Å².